The van der Waals surface area contributed by atoms with Crippen molar-refractivity contribution in [2.24, 2.45) is 0 Å². The van der Waals surface area contributed by atoms with E-state index in [0.717, 1.165) is 18.7 Å². The van der Waals surface area contributed by atoms with Crippen molar-refractivity contribution in [3.05, 3.63) is 120 Å². The van der Waals surface area contributed by atoms with Gasteiger partial charge in [0.25, 0.3) is 0 Å². The average molecular weight is 357 g/mol. The highest BCUT2D eigenvalue weighted by molar-refractivity contribution is 5.28. The summed E-state index contributed by atoms with van der Waals surface area (Å²) in [6, 6.07) is 31.1. The quantitative estimate of drug-likeness (QED) is 0.535. The van der Waals surface area contributed by atoms with Gasteiger partial charge in [-0.25, -0.2) is 0 Å². The molecular weight excluding hydrogens is 330 g/mol. The maximum Gasteiger partial charge on any atom is 0.0734 e. The van der Waals surface area contributed by atoms with Crippen molar-refractivity contribution in [3.8, 4) is 0 Å². The fraction of sp³-hybridized carbons (Fsp3) is 0.200. The number of aliphatic hydroxyl groups is 1. The number of nitrogens with zero attached hydrogens (tertiary/aromatic N) is 1. The fourth-order valence-electron chi connectivity index (χ4n) is 3.64. The molecule has 0 aliphatic rings. The maximum absolute atomic E-state index is 10.6. The predicted octanol–water partition coefficient (Wildman–Crippen LogP) is 5.15. The molecule has 3 rings (SSSR count). The van der Waals surface area contributed by atoms with Gasteiger partial charge >= 0.3 is 0 Å². The minimum Gasteiger partial charge on any atom is -0.394 e. The Bertz CT molecular complexity index is 775. The van der Waals surface area contributed by atoms with E-state index in [4.69, 9.17) is 0 Å². The molecule has 27 heavy (non-hydrogen) atoms. The molecule has 0 aliphatic heterocycles. The maximum atomic E-state index is 10.6. The number of hydrogen-bond donors (Lipinski definition) is 1. The lowest BCUT2D eigenvalue weighted by molar-refractivity contribution is 0.0142. The molecule has 3 aromatic rings. The molecule has 0 amide bonds. The predicted molar refractivity (Wildman–Crippen MR) is 112 cm³/mol. The molecular formula is C25H27NO. The van der Waals surface area contributed by atoms with E-state index in [1.165, 1.54) is 11.1 Å². The lowest BCUT2D eigenvalue weighted by atomic mass is 9.84. The van der Waals surface area contributed by atoms with Crippen molar-refractivity contribution >= 4 is 0 Å². The fourth-order valence-corrected chi connectivity index (χ4v) is 3.64. The Labute approximate surface area is 162 Å². The third kappa shape index (κ3) is 4.54. The molecule has 0 heterocycles. The minimum absolute atomic E-state index is 0.0305. The van der Waals surface area contributed by atoms with E-state index in [1.54, 1.807) is 0 Å². The van der Waals surface area contributed by atoms with Gasteiger partial charge in [-0.15, -0.1) is 6.58 Å². The van der Waals surface area contributed by atoms with E-state index in [-0.39, 0.29) is 6.61 Å². The van der Waals surface area contributed by atoms with Crippen molar-refractivity contribution < 1.29 is 5.11 Å². The lowest BCUT2D eigenvalue weighted by Gasteiger charge is -2.43. The number of hydrogen-bond acceptors (Lipinski definition) is 2. The SMILES string of the molecule is C=CC[C@](CO)(c1ccccc1)N(Cc1ccccc1)Cc1ccccc1. The van der Waals surface area contributed by atoms with Crippen LogP contribution in [-0.2, 0) is 18.6 Å². The van der Waals surface area contributed by atoms with Crippen LogP contribution < -0.4 is 0 Å². The summed E-state index contributed by atoms with van der Waals surface area (Å²) >= 11 is 0. The molecule has 0 saturated carbocycles. The van der Waals surface area contributed by atoms with Crippen molar-refractivity contribution in [2.45, 2.75) is 25.0 Å². The molecule has 0 bridgehead atoms. The van der Waals surface area contributed by atoms with Crippen LogP contribution in [0.4, 0.5) is 0 Å². The molecule has 2 nitrogen and oxygen atoms in total. The summed E-state index contributed by atoms with van der Waals surface area (Å²) in [6.45, 7) is 5.51. The van der Waals surface area contributed by atoms with Crippen LogP contribution >= 0.6 is 0 Å². The first-order chi connectivity index (χ1) is 13.3. The zero-order chi connectivity index (χ0) is 19.0. The summed E-state index contributed by atoms with van der Waals surface area (Å²) in [5.74, 6) is 0. The van der Waals surface area contributed by atoms with Crippen molar-refractivity contribution in [1.82, 2.24) is 4.90 Å². The van der Waals surface area contributed by atoms with E-state index < -0.39 is 5.54 Å². The number of rotatable bonds is 9. The van der Waals surface area contributed by atoms with E-state index in [9.17, 15) is 5.11 Å². The molecule has 0 spiro atoms. The highest BCUT2D eigenvalue weighted by Gasteiger charge is 2.37. The molecule has 138 valence electrons. The molecule has 1 N–H and O–H groups in total. The summed E-state index contributed by atoms with van der Waals surface area (Å²) in [7, 11) is 0. The Morgan fingerprint density at radius 2 is 1.19 bits per heavy atom. The molecule has 0 fully saturated rings. The zero-order valence-electron chi connectivity index (χ0n) is 15.7. The monoisotopic (exact) mass is 357 g/mol. The Morgan fingerprint density at radius 1 is 0.741 bits per heavy atom. The van der Waals surface area contributed by atoms with E-state index in [1.807, 2.05) is 36.4 Å². The van der Waals surface area contributed by atoms with Crippen LogP contribution in [0.25, 0.3) is 0 Å². The first-order valence-electron chi connectivity index (χ1n) is 9.39. The van der Waals surface area contributed by atoms with Crippen LogP contribution in [0, 0.1) is 0 Å². The minimum atomic E-state index is -0.519. The third-order valence-electron chi connectivity index (χ3n) is 5.09. The summed E-state index contributed by atoms with van der Waals surface area (Å²) < 4.78 is 0. The highest BCUT2D eigenvalue weighted by Crippen LogP contribution is 2.35. The van der Waals surface area contributed by atoms with Gasteiger partial charge in [0.05, 0.1) is 12.1 Å². The second kappa shape index (κ2) is 9.31. The van der Waals surface area contributed by atoms with Crippen molar-refractivity contribution in [3.63, 3.8) is 0 Å². The van der Waals surface area contributed by atoms with Gasteiger partial charge < -0.3 is 5.11 Å². The van der Waals surface area contributed by atoms with Gasteiger partial charge in [-0.1, -0.05) is 97.1 Å². The normalized spacial score (nSPS) is 13.3. The van der Waals surface area contributed by atoms with Crippen LogP contribution in [0.5, 0.6) is 0 Å². The first-order valence-corrected chi connectivity index (χ1v) is 9.39. The Kier molecular flexibility index (Phi) is 6.59. The van der Waals surface area contributed by atoms with Crippen LogP contribution in [0.1, 0.15) is 23.1 Å². The van der Waals surface area contributed by atoms with Gasteiger partial charge in [0.15, 0.2) is 0 Å². The second-order valence-corrected chi connectivity index (χ2v) is 6.88. The molecule has 1 atom stereocenters. The first kappa shape index (κ1) is 19.1. The lowest BCUT2D eigenvalue weighted by Crippen LogP contribution is -2.48. The van der Waals surface area contributed by atoms with Gasteiger partial charge in [0.2, 0.25) is 0 Å². The van der Waals surface area contributed by atoms with Gasteiger partial charge in [0.1, 0.15) is 0 Å². The summed E-state index contributed by atoms with van der Waals surface area (Å²) in [4.78, 5) is 2.37. The van der Waals surface area contributed by atoms with Gasteiger partial charge in [-0.05, 0) is 23.1 Å². The van der Waals surface area contributed by atoms with Crippen LogP contribution in [0.2, 0.25) is 0 Å². The van der Waals surface area contributed by atoms with Crippen LogP contribution in [0.3, 0.4) is 0 Å². The van der Waals surface area contributed by atoms with Gasteiger partial charge in [-0.3, -0.25) is 4.90 Å². The van der Waals surface area contributed by atoms with Crippen LogP contribution in [0.15, 0.2) is 104 Å². The van der Waals surface area contributed by atoms with Gasteiger partial charge in [0, 0.05) is 13.1 Å². The molecule has 0 aliphatic carbocycles. The molecule has 0 aromatic heterocycles. The summed E-state index contributed by atoms with van der Waals surface area (Å²) in [5.41, 5.74) is 3.05. The smallest absolute Gasteiger partial charge is 0.0734 e. The largest absolute Gasteiger partial charge is 0.394 e. The number of aliphatic hydroxyl groups excluding tert-OH is 1. The Balaban J connectivity index is 2.05. The molecule has 0 unspecified atom stereocenters. The summed E-state index contributed by atoms with van der Waals surface area (Å²) in [5, 5.41) is 10.6. The molecule has 3 aromatic carbocycles. The van der Waals surface area contributed by atoms with E-state index >= 15 is 0 Å². The third-order valence-corrected chi connectivity index (χ3v) is 5.09. The van der Waals surface area contributed by atoms with Crippen LogP contribution in [-0.4, -0.2) is 16.6 Å². The molecule has 0 radical (unpaired) electrons. The zero-order valence-corrected chi connectivity index (χ0v) is 15.7. The molecule has 0 saturated heterocycles. The summed E-state index contributed by atoms with van der Waals surface area (Å²) in [6.07, 6.45) is 2.58. The second-order valence-electron chi connectivity index (χ2n) is 6.88. The average Bonchev–Trinajstić information content (AvgIpc) is 2.74. The highest BCUT2D eigenvalue weighted by atomic mass is 16.3. The standard InChI is InChI=1S/C25H27NO/c1-2-18-25(21-27,24-16-10-5-11-17-24)26(19-22-12-6-3-7-13-22)20-23-14-8-4-9-15-23/h2-17,27H,1,18-21H2/t25-/m0/s1. The van der Waals surface area contributed by atoms with Crippen molar-refractivity contribution in [1.29, 1.82) is 0 Å². The topological polar surface area (TPSA) is 23.5 Å². The van der Waals surface area contributed by atoms with Crippen molar-refractivity contribution in [2.75, 3.05) is 6.61 Å². The molecule has 2 heteroatoms. The van der Waals surface area contributed by atoms with E-state index in [0.29, 0.717) is 6.42 Å². The Morgan fingerprint density at radius 3 is 1.59 bits per heavy atom. The number of benzene rings is 3. The van der Waals surface area contributed by atoms with Gasteiger partial charge in [-0.2, -0.15) is 0 Å². The Hall–Kier alpha value is -2.68. The van der Waals surface area contributed by atoms with E-state index in [2.05, 4.69) is 72.1 Å².